The first kappa shape index (κ1) is 10.3. The summed E-state index contributed by atoms with van der Waals surface area (Å²) in [6.45, 7) is 2.26. The number of hydrogen-bond donors (Lipinski definition) is 0. The fourth-order valence-corrected chi connectivity index (χ4v) is 2.51. The summed E-state index contributed by atoms with van der Waals surface area (Å²) in [4.78, 5) is 4.52. The number of benzene rings is 2. The van der Waals surface area contributed by atoms with E-state index in [1.165, 1.54) is 11.1 Å². The molecule has 0 unspecified atom stereocenters. The Morgan fingerprint density at radius 1 is 0.941 bits per heavy atom. The number of para-hydroxylation sites is 1. The third-order valence-electron chi connectivity index (χ3n) is 3.42. The van der Waals surface area contributed by atoms with E-state index < -0.39 is 0 Å². The molecule has 1 aliphatic heterocycles. The summed E-state index contributed by atoms with van der Waals surface area (Å²) in [7, 11) is 0. The second kappa shape index (κ2) is 3.85. The molecule has 0 bridgehead atoms. The second-order valence-corrected chi connectivity index (χ2v) is 4.86. The molecule has 1 heterocycles. The van der Waals surface area contributed by atoms with Crippen molar-refractivity contribution in [1.29, 1.82) is 0 Å². The van der Waals surface area contributed by atoms with Crippen molar-refractivity contribution in [2.24, 2.45) is 4.99 Å². The predicted molar refractivity (Wildman–Crippen MR) is 72.1 cm³/mol. The molecule has 1 atom stereocenters. The van der Waals surface area contributed by atoms with Gasteiger partial charge in [0.25, 0.3) is 0 Å². The Labute approximate surface area is 102 Å². The van der Waals surface area contributed by atoms with Crippen molar-refractivity contribution in [3.05, 3.63) is 65.7 Å². The molecule has 2 aromatic carbocycles. The standard InChI is InChI=1S/C16H15N/c1-16(11-13-7-3-2-4-8-13)12-17-15-10-6-5-9-14(15)16/h2-10,12H,11H2,1H3/t16-/m0/s1. The molecular formula is C16H15N. The fraction of sp³-hybridized carbons (Fsp3) is 0.188. The van der Waals surface area contributed by atoms with Crippen molar-refractivity contribution in [2.45, 2.75) is 18.8 Å². The maximum Gasteiger partial charge on any atom is 0.0667 e. The lowest BCUT2D eigenvalue weighted by atomic mass is 9.79. The van der Waals surface area contributed by atoms with Gasteiger partial charge in [0.2, 0.25) is 0 Å². The molecule has 0 amide bonds. The lowest BCUT2D eigenvalue weighted by Gasteiger charge is -2.22. The Bertz CT molecular complexity index is 557. The van der Waals surface area contributed by atoms with Crippen LogP contribution in [0.2, 0.25) is 0 Å². The van der Waals surface area contributed by atoms with E-state index in [0.29, 0.717) is 0 Å². The van der Waals surface area contributed by atoms with Crippen LogP contribution in [0.15, 0.2) is 59.6 Å². The maximum absolute atomic E-state index is 4.52. The van der Waals surface area contributed by atoms with Gasteiger partial charge in [0.15, 0.2) is 0 Å². The van der Waals surface area contributed by atoms with Crippen LogP contribution in [0.4, 0.5) is 5.69 Å². The molecular weight excluding hydrogens is 206 g/mol. The first-order chi connectivity index (χ1) is 8.28. The van der Waals surface area contributed by atoms with Crippen molar-refractivity contribution in [2.75, 3.05) is 0 Å². The van der Waals surface area contributed by atoms with Crippen LogP contribution in [-0.4, -0.2) is 6.21 Å². The number of nitrogens with zero attached hydrogens (tertiary/aromatic N) is 1. The van der Waals surface area contributed by atoms with Crippen LogP contribution < -0.4 is 0 Å². The highest BCUT2D eigenvalue weighted by Crippen LogP contribution is 2.38. The SMILES string of the molecule is C[C@]1(Cc2ccccc2)C=Nc2ccccc21. The number of fused-ring (bicyclic) bond motifs is 1. The maximum atomic E-state index is 4.52. The molecule has 0 radical (unpaired) electrons. The Balaban J connectivity index is 1.97. The van der Waals surface area contributed by atoms with E-state index in [4.69, 9.17) is 0 Å². The van der Waals surface area contributed by atoms with E-state index in [-0.39, 0.29) is 5.41 Å². The number of aliphatic imine (C=N–C) groups is 1. The van der Waals surface area contributed by atoms with E-state index in [9.17, 15) is 0 Å². The monoisotopic (exact) mass is 221 g/mol. The summed E-state index contributed by atoms with van der Waals surface area (Å²) >= 11 is 0. The first-order valence-corrected chi connectivity index (χ1v) is 5.97. The predicted octanol–water partition coefficient (Wildman–Crippen LogP) is 3.90. The molecule has 1 heteroatoms. The molecule has 17 heavy (non-hydrogen) atoms. The van der Waals surface area contributed by atoms with Crippen LogP contribution in [0.1, 0.15) is 18.1 Å². The minimum Gasteiger partial charge on any atom is -0.260 e. The minimum absolute atomic E-state index is 0.0396. The third kappa shape index (κ3) is 1.78. The van der Waals surface area contributed by atoms with E-state index in [1.54, 1.807) is 0 Å². The van der Waals surface area contributed by atoms with Gasteiger partial charge in [-0.05, 0) is 23.6 Å². The highest BCUT2D eigenvalue weighted by Gasteiger charge is 2.31. The van der Waals surface area contributed by atoms with E-state index >= 15 is 0 Å². The molecule has 0 fully saturated rings. The van der Waals surface area contributed by atoms with Gasteiger partial charge < -0.3 is 0 Å². The highest BCUT2D eigenvalue weighted by molar-refractivity contribution is 5.85. The Morgan fingerprint density at radius 3 is 2.47 bits per heavy atom. The summed E-state index contributed by atoms with van der Waals surface area (Å²) in [6, 6.07) is 19.0. The molecule has 2 aromatic rings. The average molecular weight is 221 g/mol. The van der Waals surface area contributed by atoms with Gasteiger partial charge in [-0.25, -0.2) is 0 Å². The molecule has 1 nitrogen and oxygen atoms in total. The largest absolute Gasteiger partial charge is 0.260 e. The summed E-state index contributed by atoms with van der Waals surface area (Å²) in [5, 5.41) is 0. The summed E-state index contributed by atoms with van der Waals surface area (Å²) in [5.41, 5.74) is 3.85. The van der Waals surface area contributed by atoms with Crippen molar-refractivity contribution in [3.8, 4) is 0 Å². The molecule has 0 saturated carbocycles. The van der Waals surface area contributed by atoms with Crippen molar-refractivity contribution >= 4 is 11.9 Å². The Kier molecular flexibility index (Phi) is 2.32. The molecule has 1 aliphatic rings. The first-order valence-electron chi connectivity index (χ1n) is 5.97. The fourth-order valence-electron chi connectivity index (χ4n) is 2.51. The van der Waals surface area contributed by atoms with Gasteiger partial charge in [-0.3, -0.25) is 4.99 Å². The van der Waals surface area contributed by atoms with Crippen molar-refractivity contribution in [3.63, 3.8) is 0 Å². The quantitative estimate of drug-likeness (QED) is 0.729. The molecule has 84 valence electrons. The van der Waals surface area contributed by atoms with Gasteiger partial charge in [0.1, 0.15) is 0 Å². The molecule has 0 N–H and O–H groups in total. The lowest BCUT2D eigenvalue weighted by molar-refractivity contribution is 0.660. The van der Waals surface area contributed by atoms with Gasteiger partial charge in [0, 0.05) is 11.6 Å². The van der Waals surface area contributed by atoms with E-state index in [2.05, 4.69) is 66.7 Å². The van der Waals surface area contributed by atoms with Crippen molar-refractivity contribution < 1.29 is 0 Å². The Hall–Kier alpha value is -1.89. The summed E-state index contributed by atoms with van der Waals surface area (Å²) in [5.74, 6) is 0. The summed E-state index contributed by atoms with van der Waals surface area (Å²) in [6.07, 6.45) is 3.10. The molecule has 3 rings (SSSR count). The van der Waals surface area contributed by atoms with Gasteiger partial charge >= 0.3 is 0 Å². The second-order valence-electron chi connectivity index (χ2n) is 4.86. The van der Waals surface area contributed by atoms with Crippen LogP contribution in [0.5, 0.6) is 0 Å². The average Bonchev–Trinajstić information content (AvgIpc) is 2.69. The minimum atomic E-state index is 0.0396. The number of rotatable bonds is 2. The highest BCUT2D eigenvalue weighted by atomic mass is 14.8. The smallest absolute Gasteiger partial charge is 0.0667 e. The van der Waals surface area contributed by atoms with Crippen LogP contribution in [-0.2, 0) is 11.8 Å². The third-order valence-corrected chi connectivity index (χ3v) is 3.42. The van der Waals surface area contributed by atoms with Crippen molar-refractivity contribution in [1.82, 2.24) is 0 Å². The molecule has 0 aliphatic carbocycles. The number of hydrogen-bond acceptors (Lipinski definition) is 1. The van der Waals surface area contributed by atoms with Crippen LogP contribution in [0, 0.1) is 0 Å². The van der Waals surface area contributed by atoms with Gasteiger partial charge in [-0.2, -0.15) is 0 Å². The zero-order valence-corrected chi connectivity index (χ0v) is 9.93. The zero-order chi connectivity index (χ0) is 11.7. The molecule has 0 saturated heterocycles. The van der Waals surface area contributed by atoms with Crippen LogP contribution in [0.25, 0.3) is 0 Å². The lowest BCUT2D eigenvalue weighted by Crippen LogP contribution is -2.23. The van der Waals surface area contributed by atoms with Crippen LogP contribution in [0.3, 0.4) is 0 Å². The van der Waals surface area contributed by atoms with Gasteiger partial charge in [0.05, 0.1) is 5.69 Å². The van der Waals surface area contributed by atoms with E-state index in [1.807, 2.05) is 6.07 Å². The topological polar surface area (TPSA) is 12.4 Å². The van der Waals surface area contributed by atoms with Gasteiger partial charge in [-0.1, -0.05) is 55.5 Å². The van der Waals surface area contributed by atoms with Crippen LogP contribution >= 0.6 is 0 Å². The summed E-state index contributed by atoms with van der Waals surface area (Å²) < 4.78 is 0. The zero-order valence-electron chi connectivity index (χ0n) is 9.93. The Morgan fingerprint density at radius 2 is 1.65 bits per heavy atom. The molecule has 0 aromatic heterocycles. The van der Waals surface area contributed by atoms with E-state index in [0.717, 1.165) is 12.1 Å². The van der Waals surface area contributed by atoms with Gasteiger partial charge in [-0.15, -0.1) is 0 Å². The molecule has 0 spiro atoms. The normalized spacial score (nSPS) is 21.5.